The number of alkyl halides is 1. The molecule has 1 fully saturated rings. The molecular formula is C11H21BrN2O2. The first-order valence-corrected chi connectivity index (χ1v) is 6.87. The zero-order chi connectivity index (χ0) is 11.8. The predicted octanol–water partition coefficient (Wildman–Crippen LogP) is 0.998. The molecule has 0 spiro atoms. The quantitative estimate of drug-likeness (QED) is 0.587. The van der Waals surface area contributed by atoms with E-state index in [1.807, 2.05) is 6.92 Å². The summed E-state index contributed by atoms with van der Waals surface area (Å²) in [6, 6.07) is 0. The molecule has 1 unspecified atom stereocenters. The van der Waals surface area contributed by atoms with Gasteiger partial charge in [-0.3, -0.25) is 9.69 Å². The Bertz CT molecular complexity index is 208. The van der Waals surface area contributed by atoms with Gasteiger partial charge in [-0.05, 0) is 19.4 Å². The second-order valence-electron chi connectivity index (χ2n) is 3.97. The summed E-state index contributed by atoms with van der Waals surface area (Å²) in [6.07, 6.45) is 1.84. The lowest BCUT2D eigenvalue weighted by Crippen LogP contribution is -2.38. The standard InChI is InChI=1S/C11H21BrN2O2/c1-2-10(12)11(15)13-4-3-5-14-6-8-16-9-7-14/h10H,2-9H2,1H3,(H,13,15). The van der Waals surface area contributed by atoms with Crippen LogP contribution in [0, 0.1) is 0 Å². The third kappa shape index (κ3) is 5.27. The maximum Gasteiger partial charge on any atom is 0.233 e. The second-order valence-corrected chi connectivity index (χ2v) is 5.08. The molecule has 0 radical (unpaired) electrons. The average Bonchev–Trinajstić information content (AvgIpc) is 2.34. The summed E-state index contributed by atoms with van der Waals surface area (Å²) < 4.78 is 5.27. The summed E-state index contributed by atoms with van der Waals surface area (Å²) in [5.74, 6) is 0.101. The fraction of sp³-hybridized carbons (Fsp3) is 0.909. The number of hydrogen-bond acceptors (Lipinski definition) is 3. The number of ether oxygens (including phenoxy) is 1. The van der Waals surface area contributed by atoms with Crippen LogP contribution in [0.5, 0.6) is 0 Å². The topological polar surface area (TPSA) is 41.6 Å². The number of halogens is 1. The molecule has 1 rings (SSSR count). The van der Waals surface area contributed by atoms with Crippen molar-refractivity contribution >= 4 is 21.8 Å². The van der Waals surface area contributed by atoms with Crippen molar-refractivity contribution in [1.29, 1.82) is 0 Å². The van der Waals surface area contributed by atoms with Gasteiger partial charge < -0.3 is 10.1 Å². The number of rotatable bonds is 6. The molecule has 0 aromatic rings. The van der Waals surface area contributed by atoms with Crippen molar-refractivity contribution in [1.82, 2.24) is 10.2 Å². The normalized spacial score (nSPS) is 19.4. The molecule has 1 amide bonds. The highest BCUT2D eigenvalue weighted by Gasteiger charge is 2.12. The Kier molecular flexibility index (Phi) is 7.00. The first kappa shape index (κ1) is 13.9. The van der Waals surface area contributed by atoms with Gasteiger partial charge >= 0.3 is 0 Å². The van der Waals surface area contributed by atoms with Gasteiger partial charge in [0.1, 0.15) is 0 Å². The lowest BCUT2D eigenvalue weighted by Gasteiger charge is -2.26. The van der Waals surface area contributed by atoms with Crippen LogP contribution in [0.2, 0.25) is 0 Å². The van der Waals surface area contributed by atoms with Gasteiger partial charge in [0, 0.05) is 19.6 Å². The fourth-order valence-electron chi connectivity index (χ4n) is 1.64. The van der Waals surface area contributed by atoms with Crippen molar-refractivity contribution in [2.45, 2.75) is 24.6 Å². The summed E-state index contributed by atoms with van der Waals surface area (Å²) in [7, 11) is 0. The van der Waals surface area contributed by atoms with E-state index in [9.17, 15) is 4.79 Å². The molecule has 5 heteroatoms. The lowest BCUT2D eigenvalue weighted by atomic mass is 10.3. The van der Waals surface area contributed by atoms with E-state index in [1.54, 1.807) is 0 Å². The summed E-state index contributed by atoms with van der Waals surface area (Å²) in [5.41, 5.74) is 0. The van der Waals surface area contributed by atoms with Crippen LogP contribution in [0.3, 0.4) is 0 Å². The van der Waals surface area contributed by atoms with Crippen LogP contribution >= 0.6 is 15.9 Å². The maximum absolute atomic E-state index is 11.4. The van der Waals surface area contributed by atoms with E-state index in [0.29, 0.717) is 0 Å². The Balaban J connectivity index is 2.00. The van der Waals surface area contributed by atoms with Gasteiger partial charge in [0.25, 0.3) is 0 Å². The first-order chi connectivity index (χ1) is 7.74. The monoisotopic (exact) mass is 292 g/mol. The highest BCUT2D eigenvalue weighted by atomic mass is 79.9. The Hall–Kier alpha value is -0.130. The van der Waals surface area contributed by atoms with Gasteiger partial charge in [-0.15, -0.1) is 0 Å². The van der Waals surface area contributed by atoms with E-state index >= 15 is 0 Å². The molecule has 0 bridgehead atoms. The van der Waals surface area contributed by atoms with Crippen molar-refractivity contribution in [2.75, 3.05) is 39.4 Å². The molecule has 94 valence electrons. The van der Waals surface area contributed by atoms with E-state index in [-0.39, 0.29) is 10.7 Å². The number of morpholine rings is 1. The number of carbonyl (C=O) groups is 1. The van der Waals surface area contributed by atoms with Crippen LogP contribution in [0.25, 0.3) is 0 Å². The summed E-state index contributed by atoms with van der Waals surface area (Å²) in [4.78, 5) is 13.8. The highest BCUT2D eigenvalue weighted by Crippen LogP contribution is 2.03. The lowest BCUT2D eigenvalue weighted by molar-refractivity contribution is -0.120. The van der Waals surface area contributed by atoms with Crippen molar-refractivity contribution in [3.63, 3.8) is 0 Å². The number of amides is 1. The molecule has 1 aliphatic rings. The van der Waals surface area contributed by atoms with Gasteiger partial charge in [0.05, 0.1) is 18.0 Å². The molecule has 0 aliphatic carbocycles. The molecule has 1 saturated heterocycles. The van der Waals surface area contributed by atoms with Crippen LogP contribution in [0.1, 0.15) is 19.8 Å². The van der Waals surface area contributed by atoms with Crippen molar-refractivity contribution in [3.8, 4) is 0 Å². The van der Waals surface area contributed by atoms with Gasteiger partial charge in [0.2, 0.25) is 5.91 Å². The maximum atomic E-state index is 11.4. The molecule has 1 heterocycles. The molecule has 0 aromatic carbocycles. The molecule has 1 atom stereocenters. The molecule has 1 N–H and O–H groups in total. The number of carbonyl (C=O) groups excluding carboxylic acids is 1. The molecule has 0 aromatic heterocycles. The number of hydrogen-bond donors (Lipinski definition) is 1. The molecular weight excluding hydrogens is 272 g/mol. The average molecular weight is 293 g/mol. The minimum Gasteiger partial charge on any atom is -0.379 e. The van der Waals surface area contributed by atoms with Gasteiger partial charge in [0.15, 0.2) is 0 Å². The van der Waals surface area contributed by atoms with Crippen molar-refractivity contribution < 1.29 is 9.53 Å². The molecule has 1 aliphatic heterocycles. The smallest absolute Gasteiger partial charge is 0.233 e. The summed E-state index contributed by atoms with van der Waals surface area (Å²) >= 11 is 3.33. The second kappa shape index (κ2) is 8.03. The van der Waals surface area contributed by atoms with Gasteiger partial charge in [-0.2, -0.15) is 0 Å². The van der Waals surface area contributed by atoms with Gasteiger partial charge in [-0.1, -0.05) is 22.9 Å². The highest BCUT2D eigenvalue weighted by molar-refractivity contribution is 9.10. The van der Waals surface area contributed by atoms with E-state index in [4.69, 9.17) is 4.74 Å². The fourth-order valence-corrected chi connectivity index (χ4v) is 1.80. The van der Waals surface area contributed by atoms with Crippen LogP contribution in [0.15, 0.2) is 0 Å². The molecule has 16 heavy (non-hydrogen) atoms. The van der Waals surface area contributed by atoms with E-state index in [1.165, 1.54) is 0 Å². The predicted molar refractivity (Wildman–Crippen MR) is 67.9 cm³/mol. The van der Waals surface area contributed by atoms with Crippen LogP contribution in [-0.2, 0) is 9.53 Å². The van der Waals surface area contributed by atoms with E-state index in [0.717, 1.165) is 52.2 Å². The largest absolute Gasteiger partial charge is 0.379 e. The summed E-state index contributed by atoms with van der Waals surface area (Å²) in [6.45, 7) is 7.51. The SMILES string of the molecule is CCC(Br)C(=O)NCCCN1CCOCC1. The van der Waals surface area contributed by atoms with Crippen LogP contribution in [-0.4, -0.2) is 55.0 Å². The van der Waals surface area contributed by atoms with Crippen molar-refractivity contribution in [3.05, 3.63) is 0 Å². The zero-order valence-corrected chi connectivity index (χ0v) is 11.5. The minimum absolute atomic E-state index is 0.0455. The molecule has 4 nitrogen and oxygen atoms in total. The number of nitrogens with one attached hydrogen (secondary N) is 1. The third-order valence-electron chi connectivity index (χ3n) is 2.70. The van der Waals surface area contributed by atoms with Crippen LogP contribution < -0.4 is 5.32 Å². The third-order valence-corrected chi connectivity index (χ3v) is 3.76. The van der Waals surface area contributed by atoms with Crippen LogP contribution in [0.4, 0.5) is 0 Å². The van der Waals surface area contributed by atoms with Crippen molar-refractivity contribution in [2.24, 2.45) is 0 Å². The Labute approximate surface area is 106 Å². The van der Waals surface area contributed by atoms with E-state index < -0.39 is 0 Å². The van der Waals surface area contributed by atoms with Gasteiger partial charge in [-0.25, -0.2) is 0 Å². The molecule has 0 saturated carbocycles. The number of nitrogens with zero attached hydrogens (tertiary/aromatic N) is 1. The Morgan fingerprint density at radius 3 is 2.81 bits per heavy atom. The van der Waals surface area contributed by atoms with E-state index in [2.05, 4.69) is 26.1 Å². The minimum atomic E-state index is -0.0455. The Morgan fingerprint density at radius 2 is 2.19 bits per heavy atom. The first-order valence-electron chi connectivity index (χ1n) is 5.96. The Morgan fingerprint density at radius 1 is 1.50 bits per heavy atom. The summed E-state index contributed by atoms with van der Waals surface area (Å²) in [5, 5.41) is 2.93. The zero-order valence-electron chi connectivity index (χ0n) is 9.88.